The highest BCUT2D eigenvalue weighted by molar-refractivity contribution is 7.86. The van der Waals surface area contributed by atoms with Crippen LogP contribution in [0.3, 0.4) is 0 Å². The van der Waals surface area contributed by atoms with Crippen LogP contribution in [0.15, 0.2) is 30.3 Å². The quantitative estimate of drug-likeness (QED) is 0.502. The van der Waals surface area contributed by atoms with Crippen molar-refractivity contribution in [1.82, 2.24) is 0 Å². The van der Waals surface area contributed by atoms with Gasteiger partial charge in [0.25, 0.3) is 10.1 Å². The highest BCUT2D eigenvalue weighted by Crippen LogP contribution is 2.38. The van der Waals surface area contributed by atoms with Crippen molar-refractivity contribution in [3.63, 3.8) is 0 Å². The average molecular weight is 373 g/mol. The molecule has 1 aromatic carbocycles. The van der Waals surface area contributed by atoms with Gasteiger partial charge in [0.2, 0.25) is 0 Å². The molecule has 24 heavy (non-hydrogen) atoms. The van der Waals surface area contributed by atoms with E-state index in [2.05, 4.69) is 33.9 Å². The lowest BCUT2D eigenvalue weighted by atomic mass is 10.0. The number of hydrogen-bond acceptors (Lipinski definition) is 4. The molecule has 0 aromatic heterocycles. The predicted molar refractivity (Wildman–Crippen MR) is 102 cm³/mol. The molecular weight excluding hydrogens is 340 g/mol. The lowest BCUT2D eigenvalue weighted by Gasteiger charge is -2.41. The van der Waals surface area contributed by atoms with E-state index in [-0.39, 0.29) is 11.1 Å². The van der Waals surface area contributed by atoms with Gasteiger partial charge in [0.15, 0.2) is 8.32 Å². The topological polar surface area (TPSA) is 52.6 Å². The zero-order chi connectivity index (χ0) is 18.6. The first-order chi connectivity index (χ1) is 10.9. The van der Waals surface area contributed by atoms with E-state index in [9.17, 15) is 8.42 Å². The Morgan fingerprint density at radius 2 is 1.62 bits per heavy atom. The summed E-state index contributed by atoms with van der Waals surface area (Å²) in [5.41, 5.74) is 1.12. The molecule has 1 rings (SSSR count). The van der Waals surface area contributed by atoms with Gasteiger partial charge >= 0.3 is 0 Å². The highest BCUT2D eigenvalue weighted by Gasteiger charge is 2.41. The van der Waals surface area contributed by atoms with E-state index in [1.165, 1.54) is 0 Å². The zero-order valence-corrected chi connectivity index (χ0v) is 17.8. The van der Waals surface area contributed by atoms with Gasteiger partial charge in [-0.1, -0.05) is 58.0 Å². The second-order valence-electron chi connectivity index (χ2n) is 7.85. The van der Waals surface area contributed by atoms with E-state index in [1.54, 1.807) is 0 Å². The Morgan fingerprint density at radius 3 is 2.04 bits per heavy atom. The van der Waals surface area contributed by atoms with Crippen molar-refractivity contribution in [3.8, 4) is 0 Å². The second-order valence-corrected chi connectivity index (χ2v) is 14.2. The first kappa shape index (κ1) is 21.3. The molecule has 0 N–H and O–H groups in total. The van der Waals surface area contributed by atoms with Gasteiger partial charge in [0.05, 0.1) is 12.4 Å². The molecule has 1 unspecified atom stereocenters. The molecule has 4 nitrogen and oxygen atoms in total. The lowest BCUT2D eigenvalue weighted by molar-refractivity contribution is 0.0470. The molecule has 0 fully saturated rings. The molecule has 0 aliphatic heterocycles. The third-order valence-corrected chi connectivity index (χ3v) is 9.75. The van der Waals surface area contributed by atoms with Crippen LogP contribution in [-0.4, -0.2) is 35.2 Å². The Bertz CT molecular complexity index is 606. The zero-order valence-electron chi connectivity index (χ0n) is 16.0. The smallest absolute Gasteiger partial charge is 0.264 e. The number of benzene rings is 1. The minimum absolute atomic E-state index is 0.0469. The summed E-state index contributed by atoms with van der Waals surface area (Å²) in [6.07, 6.45) is 1.56. The molecular formula is C18H32O4SSi. The molecule has 0 aliphatic rings. The summed E-state index contributed by atoms with van der Waals surface area (Å²) in [5, 5.41) is 0.0469. The van der Waals surface area contributed by atoms with Crippen molar-refractivity contribution in [1.29, 1.82) is 0 Å². The fourth-order valence-electron chi connectivity index (χ4n) is 2.27. The third-order valence-electron chi connectivity index (χ3n) is 4.65. The average Bonchev–Trinajstić information content (AvgIpc) is 2.42. The molecule has 0 amide bonds. The Morgan fingerprint density at radius 1 is 1.08 bits per heavy atom. The SMILES string of the molecule is CC[C@H](OS(C)(=O)=O)C(Cc1ccccc1)O[Si](C)(C)C(C)(C)C. The maximum atomic E-state index is 11.7. The van der Waals surface area contributed by atoms with E-state index in [0.29, 0.717) is 12.8 Å². The van der Waals surface area contributed by atoms with E-state index < -0.39 is 24.5 Å². The van der Waals surface area contributed by atoms with E-state index in [4.69, 9.17) is 8.61 Å². The summed E-state index contributed by atoms with van der Waals surface area (Å²) in [5.74, 6) is 0. The minimum atomic E-state index is -3.53. The Balaban J connectivity index is 3.10. The molecule has 0 spiro atoms. The molecule has 0 bridgehead atoms. The van der Waals surface area contributed by atoms with Crippen LogP contribution in [0.5, 0.6) is 0 Å². The minimum Gasteiger partial charge on any atom is -0.411 e. The molecule has 1 aromatic rings. The van der Waals surface area contributed by atoms with Crippen molar-refractivity contribution in [2.45, 2.75) is 70.9 Å². The standard InChI is InChI=1S/C18H32O4SSi/c1-8-16(21-23(5,19)20)17(14-15-12-10-9-11-13-15)22-24(6,7)18(2,3)4/h9-13,16-17H,8,14H2,1-7H3/t16-,17?/m0/s1. The van der Waals surface area contributed by atoms with Gasteiger partial charge in [0.1, 0.15) is 6.10 Å². The van der Waals surface area contributed by atoms with Gasteiger partial charge in [-0.2, -0.15) is 8.42 Å². The van der Waals surface area contributed by atoms with Crippen LogP contribution in [0.25, 0.3) is 0 Å². The highest BCUT2D eigenvalue weighted by atomic mass is 32.2. The van der Waals surface area contributed by atoms with Gasteiger partial charge in [-0.25, -0.2) is 0 Å². The van der Waals surface area contributed by atoms with Crippen molar-refractivity contribution in [2.24, 2.45) is 0 Å². The maximum absolute atomic E-state index is 11.7. The van der Waals surface area contributed by atoms with E-state index >= 15 is 0 Å². The van der Waals surface area contributed by atoms with Crippen molar-refractivity contribution in [3.05, 3.63) is 35.9 Å². The van der Waals surface area contributed by atoms with Gasteiger partial charge in [0, 0.05) is 0 Å². The number of hydrogen-bond donors (Lipinski definition) is 0. The van der Waals surface area contributed by atoms with Crippen molar-refractivity contribution >= 4 is 18.4 Å². The number of rotatable bonds is 8. The van der Waals surface area contributed by atoms with Crippen LogP contribution >= 0.6 is 0 Å². The monoisotopic (exact) mass is 372 g/mol. The lowest BCUT2D eigenvalue weighted by Crippen LogP contribution is -2.48. The third kappa shape index (κ3) is 6.67. The fraction of sp³-hybridized carbons (Fsp3) is 0.667. The summed E-state index contributed by atoms with van der Waals surface area (Å²) in [6, 6.07) is 10.0. The Hall–Kier alpha value is -0.693. The molecule has 0 radical (unpaired) electrons. The molecule has 0 heterocycles. The molecule has 0 aliphatic carbocycles. The summed E-state index contributed by atoms with van der Waals surface area (Å²) in [4.78, 5) is 0. The van der Waals surface area contributed by atoms with Crippen LogP contribution in [-0.2, 0) is 25.1 Å². The Kier molecular flexibility index (Phi) is 7.23. The fourth-order valence-corrected chi connectivity index (χ4v) is 4.32. The molecule has 6 heteroatoms. The molecule has 0 saturated carbocycles. The van der Waals surface area contributed by atoms with Gasteiger partial charge in [-0.05, 0) is 36.5 Å². The van der Waals surface area contributed by atoms with Crippen LogP contribution < -0.4 is 0 Å². The Labute approximate surface area is 148 Å². The van der Waals surface area contributed by atoms with E-state index in [0.717, 1.165) is 11.8 Å². The first-order valence-electron chi connectivity index (χ1n) is 8.45. The summed E-state index contributed by atoms with van der Waals surface area (Å²) in [7, 11) is -5.58. The largest absolute Gasteiger partial charge is 0.411 e. The van der Waals surface area contributed by atoms with E-state index in [1.807, 2.05) is 37.3 Å². The summed E-state index contributed by atoms with van der Waals surface area (Å²) >= 11 is 0. The van der Waals surface area contributed by atoms with Crippen molar-refractivity contribution < 1.29 is 17.0 Å². The first-order valence-corrected chi connectivity index (χ1v) is 13.2. The molecule has 2 atom stereocenters. The van der Waals surface area contributed by atoms with Gasteiger partial charge in [-0.3, -0.25) is 4.18 Å². The summed E-state index contributed by atoms with van der Waals surface area (Å²) in [6.45, 7) is 12.8. The molecule has 0 saturated heterocycles. The van der Waals surface area contributed by atoms with Crippen LogP contribution in [0.4, 0.5) is 0 Å². The van der Waals surface area contributed by atoms with Crippen LogP contribution in [0.2, 0.25) is 18.1 Å². The predicted octanol–water partition coefficient (Wildman–Crippen LogP) is 4.37. The normalized spacial score (nSPS) is 16.0. The van der Waals surface area contributed by atoms with Crippen molar-refractivity contribution in [2.75, 3.05) is 6.26 Å². The van der Waals surface area contributed by atoms with Crippen LogP contribution in [0, 0.1) is 0 Å². The second kappa shape index (κ2) is 8.12. The maximum Gasteiger partial charge on any atom is 0.264 e. The molecule has 138 valence electrons. The van der Waals surface area contributed by atoms with Gasteiger partial charge < -0.3 is 4.43 Å². The van der Waals surface area contributed by atoms with Crippen LogP contribution in [0.1, 0.15) is 39.7 Å². The summed E-state index contributed by atoms with van der Waals surface area (Å²) < 4.78 is 35.2. The van der Waals surface area contributed by atoms with Gasteiger partial charge in [-0.15, -0.1) is 0 Å².